The first-order valence-electron chi connectivity index (χ1n) is 7.17. The number of anilines is 2. The Morgan fingerprint density at radius 3 is 2.78 bits per heavy atom. The lowest BCUT2D eigenvalue weighted by Gasteiger charge is -2.10. The van der Waals surface area contributed by atoms with Crippen molar-refractivity contribution < 1.29 is 14.6 Å². The molecule has 0 aliphatic heterocycles. The van der Waals surface area contributed by atoms with Crippen LogP contribution in [0, 0.1) is 0 Å². The molecule has 23 heavy (non-hydrogen) atoms. The van der Waals surface area contributed by atoms with E-state index in [9.17, 15) is 9.90 Å². The topological polar surface area (TPSA) is 84.3 Å². The van der Waals surface area contributed by atoms with E-state index in [4.69, 9.17) is 4.74 Å². The van der Waals surface area contributed by atoms with Crippen LogP contribution >= 0.6 is 0 Å². The summed E-state index contributed by atoms with van der Waals surface area (Å²) in [5.41, 5.74) is 1.29. The van der Waals surface area contributed by atoms with Gasteiger partial charge in [-0.25, -0.2) is 14.8 Å². The molecule has 1 heterocycles. The lowest BCUT2D eigenvalue weighted by Crippen LogP contribution is -2.11. The van der Waals surface area contributed by atoms with Crippen LogP contribution in [0.4, 0.5) is 11.5 Å². The molecule has 116 valence electrons. The van der Waals surface area contributed by atoms with Gasteiger partial charge in [0, 0.05) is 17.1 Å². The number of aromatic hydroxyl groups is 1. The second-order valence-electron chi connectivity index (χ2n) is 4.81. The number of hydrogen-bond acceptors (Lipinski definition) is 6. The molecule has 0 aliphatic rings. The number of nitrogens with zero attached hydrogens (tertiary/aromatic N) is 2. The quantitative estimate of drug-likeness (QED) is 0.720. The number of rotatable bonds is 4. The standard InChI is InChI=1S/C17H15N3O3/c1-2-23-17(22)16-19-14-9-4-3-8-13(14)15(20-16)18-11-6-5-7-12(21)10-11/h3-10,21H,2H2,1H3,(H,18,19,20). The average Bonchev–Trinajstić information content (AvgIpc) is 2.55. The second-order valence-corrected chi connectivity index (χ2v) is 4.81. The number of nitrogens with one attached hydrogen (secondary N) is 1. The van der Waals surface area contributed by atoms with Gasteiger partial charge in [-0.3, -0.25) is 0 Å². The predicted molar refractivity (Wildman–Crippen MR) is 86.9 cm³/mol. The lowest BCUT2D eigenvalue weighted by molar-refractivity contribution is 0.0512. The smallest absolute Gasteiger partial charge is 0.376 e. The SMILES string of the molecule is CCOC(=O)c1nc(Nc2cccc(O)c2)c2ccccc2n1. The van der Waals surface area contributed by atoms with Gasteiger partial charge in [0.1, 0.15) is 11.6 Å². The number of carbonyl (C=O) groups is 1. The molecule has 0 radical (unpaired) electrons. The molecule has 6 nitrogen and oxygen atoms in total. The highest BCUT2D eigenvalue weighted by atomic mass is 16.5. The van der Waals surface area contributed by atoms with Crippen molar-refractivity contribution in [1.29, 1.82) is 0 Å². The van der Waals surface area contributed by atoms with Crippen LogP contribution in [-0.4, -0.2) is 27.7 Å². The monoisotopic (exact) mass is 309 g/mol. The third kappa shape index (κ3) is 3.21. The van der Waals surface area contributed by atoms with Gasteiger partial charge in [0.25, 0.3) is 0 Å². The minimum absolute atomic E-state index is 0.00629. The van der Waals surface area contributed by atoms with E-state index in [-0.39, 0.29) is 18.2 Å². The maximum atomic E-state index is 11.9. The highest BCUT2D eigenvalue weighted by molar-refractivity contribution is 5.95. The molecule has 0 fully saturated rings. The summed E-state index contributed by atoms with van der Waals surface area (Å²) in [6.07, 6.45) is 0. The molecule has 0 saturated carbocycles. The highest BCUT2D eigenvalue weighted by Gasteiger charge is 2.15. The molecule has 2 aromatic carbocycles. The van der Waals surface area contributed by atoms with Gasteiger partial charge in [-0.1, -0.05) is 18.2 Å². The molecule has 0 aliphatic carbocycles. The number of phenols is 1. The van der Waals surface area contributed by atoms with Crippen LogP contribution in [0.25, 0.3) is 10.9 Å². The molecule has 1 aromatic heterocycles. The first-order chi connectivity index (χ1) is 11.2. The van der Waals surface area contributed by atoms with Crippen LogP contribution < -0.4 is 5.32 Å². The molecule has 0 atom stereocenters. The summed E-state index contributed by atoms with van der Waals surface area (Å²) in [7, 11) is 0. The normalized spacial score (nSPS) is 10.5. The van der Waals surface area contributed by atoms with Crippen molar-refractivity contribution in [3.05, 3.63) is 54.4 Å². The number of benzene rings is 2. The summed E-state index contributed by atoms with van der Waals surface area (Å²) >= 11 is 0. The Bertz CT molecular complexity index is 865. The average molecular weight is 309 g/mol. The van der Waals surface area contributed by atoms with Crippen LogP contribution in [0.15, 0.2) is 48.5 Å². The molecule has 2 N–H and O–H groups in total. The minimum atomic E-state index is -0.572. The Hall–Kier alpha value is -3.15. The van der Waals surface area contributed by atoms with E-state index in [1.165, 1.54) is 0 Å². The van der Waals surface area contributed by atoms with E-state index >= 15 is 0 Å². The lowest BCUT2D eigenvalue weighted by atomic mass is 10.2. The Kier molecular flexibility index (Phi) is 4.05. The van der Waals surface area contributed by atoms with Gasteiger partial charge >= 0.3 is 5.97 Å². The zero-order chi connectivity index (χ0) is 16.2. The van der Waals surface area contributed by atoms with Crippen molar-refractivity contribution in [3.8, 4) is 5.75 Å². The molecule has 3 aromatic rings. The largest absolute Gasteiger partial charge is 0.508 e. The predicted octanol–water partition coefficient (Wildman–Crippen LogP) is 3.26. The Morgan fingerprint density at radius 1 is 1.17 bits per heavy atom. The van der Waals surface area contributed by atoms with Crippen molar-refractivity contribution >= 4 is 28.4 Å². The zero-order valence-electron chi connectivity index (χ0n) is 12.5. The van der Waals surface area contributed by atoms with Gasteiger partial charge < -0.3 is 15.2 Å². The van der Waals surface area contributed by atoms with Crippen molar-refractivity contribution in [3.63, 3.8) is 0 Å². The molecular formula is C17H15N3O3. The maximum Gasteiger partial charge on any atom is 0.376 e. The fourth-order valence-electron chi connectivity index (χ4n) is 2.18. The molecule has 0 spiro atoms. The summed E-state index contributed by atoms with van der Waals surface area (Å²) in [6, 6.07) is 14.0. The molecule has 3 rings (SSSR count). The Labute approximate surface area is 132 Å². The Balaban J connectivity index is 2.08. The van der Waals surface area contributed by atoms with E-state index in [0.717, 1.165) is 5.39 Å². The zero-order valence-corrected chi connectivity index (χ0v) is 12.5. The van der Waals surface area contributed by atoms with Gasteiger partial charge in [0.2, 0.25) is 5.82 Å². The molecule has 0 unspecified atom stereocenters. The van der Waals surface area contributed by atoms with Crippen molar-refractivity contribution in [2.24, 2.45) is 0 Å². The number of phenolic OH excluding ortho intramolecular Hbond substituents is 1. The fourth-order valence-corrected chi connectivity index (χ4v) is 2.18. The van der Waals surface area contributed by atoms with Crippen LogP contribution in [0.3, 0.4) is 0 Å². The number of fused-ring (bicyclic) bond motifs is 1. The van der Waals surface area contributed by atoms with E-state index in [1.54, 1.807) is 37.3 Å². The summed E-state index contributed by atoms with van der Waals surface area (Å²) in [5, 5.41) is 13.4. The second kappa shape index (κ2) is 6.31. The number of ether oxygens (including phenoxy) is 1. The van der Waals surface area contributed by atoms with Crippen LogP contribution in [-0.2, 0) is 4.74 Å². The highest BCUT2D eigenvalue weighted by Crippen LogP contribution is 2.25. The fraction of sp³-hybridized carbons (Fsp3) is 0.118. The molecular weight excluding hydrogens is 294 g/mol. The van der Waals surface area contributed by atoms with Crippen molar-refractivity contribution in [2.75, 3.05) is 11.9 Å². The first-order valence-corrected chi connectivity index (χ1v) is 7.17. The Morgan fingerprint density at radius 2 is 2.00 bits per heavy atom. The number of hydrogen-bond donors (Lipinski definition) is 2. The van der Waals surface area contributed by atoms with E-state index < -0.39 is 5.97 Å². The maximum absolute atomic E-state index is 11.9. The van der Waals surface area contributed by atoms with E-state index in [0.29, 0.717) is 17.0 Å². The van der Waals surface area contributed by atoms with Gasteiger partial charge in [-0.05, 0) is 31.2 Å². The van der Waals surface area contributed by atoms with Crippen LogP contribution in [0.2, 0.25) is 0 Å². The summed E-state index contributed by atoms with van der Waals surface area (Å²) < 4.78 is 4.97. The summed E-state index contributed by atoms with van der Waals surface area (Å²) in [6.45, 7) is 1.98. The molecule has 6 heteroatoms. The van der Waals surface area contributed by atoms with Gasteiger partial charge in [0.05, 0.1) is 12.1 Å². The third-order valence-electron chi connectivity index (χ3n) is 3.17. The minimum Gasteiger partial charge on any atom is -0.508 e. The van der Waals surface area contributed by atoms with Crippen LogP contribution in [0.5, 0.6) is 5.75 Å². The third-order valence-corrected chi connectivity index (χ3v) is 3.17. The molecule has 0 amide bonds. The van der Waals surface area contributed by atoms with Gasteiger partial charge in [-0.15, -0.1) is 0 Å². The van der Waals surface area contributed by atoms with Gasteiger partial charge in [0.15, 0.2) is 0 Å². The number of aromatic nitrogens is 2. The molecule has 0 saturated heterocycles. The van der Waals surface area contributed by atoms with Crippen molar-refractivity contribution in [2.45, 2.75) is 6.92 Å². The first kappa shape index (κ1) is 14.8. The molecule has 0 bridgehead atoms. The number of esters is 1. The summed E-state index contributed by atoms with van der Waals surface area (Å²) in [5.74, 6) is 0.0358. The van der Waals surface area contributed by atoms with E-state index in [1.807, 2.05) is 18.2 Å². The number of carbonyl (C=O) groups excluding carboxylic acids is 1. The van der Waals surface area contributed by atoms with Gasteiger partial charge in [-0.2, -0.15) is 0 Å². The summed E-state index contributed by atoms with van der Waals surface area (Å²) in [4.78, 5) is 20.4. The van der Waals surface area contributed by atoms with Crippen LogP contribution in [0.1, 0.15) is 17.5 Å². The number of para-hydroxylation sites is 1. The van der Waals surface area contributed by atoms with E-state index in [2.05, 4.69) is 15.3 Å². The van der Waals surface area contributed by atoms with Crippen molar-refractivity contribution in [1.82, 2.24) is 9.97 Å².